The lowest BCUT2D eigenvalue weighted by molar-refractivity contribution is -0.671. The monoisotopic (exact) mass is 183 g/mol. The Labute approximate surface area is 77.7 Å². The minimum atomic E-state index is -0.232. The number of aromatic nitrogens is 2. The third-order valence-corrected chi connectivity index (χ3v) is 1.66. The van der Waals surface area contributed by atoms with E-state index in [2.05, 4.69) is 0 Å². The fourth-order valence-corrected chi connectivity index (χ4v) is 1.23. The van der Waals surface area contributed by atoms with Crippen LogP contribution in [0.2, 0.25) is 0 Å². The number of rotatable bonds is 3. The molecular formula is C9H15N2O2+. The molecule has 0 bridgehead atoms. The molecule has 0 spiro atoms. The maximum atomic E-state index is 10.6. The van der Waals surface area contributed by atoms with Crippen molar-refractivity contribution < 1.29 is 14.1 Å². The van der Waals surface area contributed by atoms with Crippen LogP contribution in [-0.4, -0.2) is 16.6 Å². The number of nitrogens with zero attached hydrogens (tertiary/aromatic N) is 2. The second kappa shape index (κ2) is 4.07. The number of imidazole rings is 1. The van der Waals surface area contributed by atoms with Crippen LogP contribution >= 0.6 is 0 Å². The third-order valence-electron chi connectivity index (χ3n) is 1.66. The number of aryl methyl sites for hydroxylation is 1. The number of esters is 1. The average molecular weight is 183 g/mol. The maximum absolute atomic E-state index is 10.6. The first-order chi connectivity index (χ1) is 6.08. The standard InChI is InChI=1S/C9H15N2O2/c1-8(13-9(2)12)6-11-5-4-10(3)7-11/h4-5,7-8H,6H2,1-3H3/q+1/t8-/m0/s1. The van der Waals surface area contributed by atoms with Gasteiger partial charge in [0.15, 0.2) is 0 Å². The number of carbonyl (C=O) groups is 1. The lowest BCUT2D eigenvalue weighted by Gasteiger charge is -2.08. The Morgan fingerprint density at radius 2 is 2.38 bits per heavy atom. The third kappa shape index (κ3) is 3.27. The summed E-state index contributed by atoms with van der Waals surface area (Å²) in [5.41, 5.74) is 0. The van der Waals surface area contributed by atoms with Crippen LogP contribution in [0.5, 0.6) is 0 Å². The first-order valence-electron chi connectivity index (χ1n) is 4.26. The van der Waals surface area contributed by atoms with Crippen LogP contribution in [0, 0.1) is 0 Å². The van der Waals surface area contributed by atoms with Gasteiger partial charge in [-0.05, 0) is 6.92 Å². The highest BCUT2D eigenvalue weighted by Gasteiger charge is 2.09. The Hall–Kier alpha value is -1.32. The molecule has 0 unspecified atom stereocenters. The molecular weight excluding hydrogens is 168 g/mol. The molecule has 1 aromatic rings. The van der Waals surface area contributed by atoms with Crippen molar-refractivity contribution in [2.24, 2.45) is 7.05 Å². The van der Waals surface area contributed by atoms with E-state index in [0.717, 1.165) is 0 Å². The van der Waals surface area contributed by atoms with Crippen molar-refractivity contribution in [2.75, 3.05) is 0 Å². The molecule has 0 aliphatic rings. The molecule has 0 aliphatic carbocycles. The molecule has 0 saturated carbocycles. The van der Waals surface area contributed by atoms with E-state index < -0.39 is 0 Å². The van der Waals surface area contributed by atoms with E-state index in [4.69, 9.17) is 4.74 Å². The largest absolute Gasteiger partial charge is 0.459 e. The van der Waals surface area contributed by atoms with Gasteiger partial charge in [0, 0.05) is 6.92 Å². The highest BCUT2D eigenvalue weighted by atomic mass is 16.5. The fraction of sp³-hybridized carbons (Fsp3) is 0.556. The summed E-state index contributed by atoms with van der Waals surface area (Å²) in [5.74, 6) is -0.232. The van der Waals surface area contributed by atoms with Gasteiger partial charge < -0.3 is 4.74 Å². The molecule has 0 radical (unpaired) electrons. The van der Waals surface area contributed by atoms with E-state index in [1.807, 2.05) is 41.8 Å². The number of carbonyl (C=O) groups excluding carboxylic acids is 1. The van der Waals surface area contributed by atoms with E-state index >= 15 is 0 Å². The normalized spacial score (nSPS) is 12.5. The quantitative estimate of drug-likeness (QED) is 0.498. The molecule has 1 atom stereocenters. The molecule has 0 saturated heterocycles. The van der Waals surface area contributed by atoms with Crippen LogP contribution in [0.1, 0.15) is 13.8 Å². The van der Waals surface area contributed by atoms with Crippen molar-refractivity contribution in [2.45, 2.75) is 26.5 Å². The summed E-state index contributed by atoms with van der Waals surface area (Å²) < 4.78 is 8.92. The van der Waals surface area contributed by atoms with Crippen LogP contribution in [0.4, 0.5) is 0 Å². The molecule has 1 rings (SSSR count). The second-order valence-corrected chi connectivity index (χ2v) is 3.20. The van der Waals surface area contributed by atoms with Gasteiger partial charge in [0.2, 0.25) is 6.33 Å². The molecule has 72 valence electrons. The van der Waals surface area contributed by atoms with Gasteiger partial charge in [0.05, 0.1) is 7.05 Å². The Bertz CT molecular complexity index is 294. The van der Waals surface area contributed by atoms with E-state index in [1.165, 1.54) is 6.92 Å². The summed E-state index contributed by atoms with van der Waals surface area (Å²) in [7, 11) is 1.95. The van der Waals surface area contributed by atoms with E-state index in [9.17, 15) is 4.79 Å². The Kier molecular flexibility index (Phi) is 3.06. The predicted octanol–water partition coefficient (Wildman–Crippen LogP) is 0.264. The zero-order chi connectivity index (χ0) is 9.84. The average Bonchev–Trinajstić information content (AvgIpc) is 2.33. The topological polar surface area (TPSA) is 35.1 Å². The highest BCUT2D eigenvalue weighted by molar-refractivity contribution is 5.66. The smallest absolute Gasteiger partial charge is 0.303 e. The van der Waals surface area contributed by atoms with E-state index in [-0.39, 0.29) is 12.1 Å². The fourth-order valence-electron chi connectivity index (χ4n) is 1.23. The molecule has 4 nitrogen and oxygen atoms in total. The molecule has 4 heteroatoms. The van der Waals surface area contributed by atoms with Crippen molar-refractivity contribution in [1.29, 1.82) is 0 Å². The highest BCUT2D eigenvalue weighted by Crippen LogP contribution is 1.96. The second-order valence-electron chi connectivity index (χ2n) is 3.20. The van der Waals surface area contributed by atoms with Gasteiger partial charge in [0.1, 0.15) is 25.0 Å². The molecule has 0 fully saturated rings. The van der Waals surface area contributed by atoms with Crippen molar-refractivity contribution in [3.05, 3.63) is 18.7 Å². The van der Waals surface area contributed by atoms with Gasteiger partial charge in [-0.25, -0.2) is 9.13 Å². The zero-order valence-electron chi connectivity index (χ0n) is 8.23. The summed E-state index contributed by atoms with van der Waals surface area (Å²) in [6.07, 6.45) is 5.76. The SMILES string of the molecule is CC(=O)O[C@@H](C)Cn1cc[n+](C)c1. The predicted molar refractivity (Wildman–Crippen MR) is 46.8 cm³/mol. The van der Waals surface area contributed by atoms with Crippen LogP contribution in [0.15, 0.2) is 18.7 Å². The van der Waals surface area contributed by atoms with Crippen LogP contribution < -0.4 is 4.57 Å². The van der Waals surface area contributed by atoms with Gasteiger partial charge >= 0.3 is 5.97 Å². The Morgan fingerprint density at radius 3 is 2.85 bits per heavy atom. The van der Waals surface area contributed by atoms with Gasteiger partial charge in [-0.3, -0.25) is 4.79 Å². The minimum absolute atomic E-state index is 0.0788. The van der Waals surface area contributed by atoms with Gasteiger partial charge in [-0.15, -0.1) is 0 Å². The zero-order valence-corrected chi connectivity index (χ0v) is 8.23. The summed E-state index contributed by atoms with van der Waals surface area (Å²) in [4.78, 5) is 10.6. The molecule has 0 amide bonds. The van der Waals surface area contributed by atoms with Gasteiger partial charge in [-0.1, -0.05) is 0 Å². The maximum Gasteiger partial charge on any atom is 0.303 e. The molecule has 0 N–H and O–H groups in total. The van der Waals surface area contributed by atoms with E-state index in [1.54, 1.807) is 0 Å². The number of ether oxygens (including phenoxy) is 1. The Morgan fingerprint density at radius 1 is 1.69 bits per heavy atom. The van der Waals surface area contributed by atoms with Crippen molar-refractivity contribution in [1.82, 2.24) is 4.57 Å². The molecule has 1 heterocycles. The summed E-state index contributed by atoms with van der Waals surface area (Å²) >= 11 is 0. The number of hydrogen-bond acceptors (Lipinski definition) is 2. The molecule has 0 aromatic carbocycles. The Balaban J connectivity index is 2.44. The van der Waals surface area contributed by atoms with Crippen LogP contribution in [0.3, 0.4) is 0 Å². The van der Waals surface area contributed by atoms with Crippen molar-refractivity contribution >= 4 is 5.97 Å². The van der Waals surface area contributed by atoms with Crippen molar-refractivity contribution in [3.63, 3.8) is 0 Å². The van der Waals surface area contributed by atoms with Crippen LogP contribution in [-0.2, 0) is 23.1 Å². The van der Waals surface area contributed by atoms with Crippen molar-refractivity contribution in [3.8, 4) is 0 Å². The molecule has 1 aromatic heterocycles. The summed E-state index contributed by atoms with van der Waals surface area (Å²) in [6.45, 7) is 3.99. The van der Waals surface area contributed by atoms with Gasteiger partial charge in [-0.2, -0.15) is 0 Å². The molecule has 0 aliphatic heterocycles. The van der Waals surface area contributed by atoms with E-state index in [0.29, 0.717) is 6.54 Å². The minimum Gasteiger partial charge on any atom is -0.459 e. The van der Waals surface area contributed by atoms with Gasteiger partial charge in [0.25, 0.3) is 0 Å². The lowest BCUT2D eigenvalue weighted by Crippen LogP contribution is -2.25. The van der Waals surface area contributed by atoms with Crippen LogP contribution in [0.25, 0.3) is 0 Å². The summed E-state index contributed by atoms with van der Waals surface area (Å²) in [5, 5.41) is 0. The lowest BCUT2D eigenvalue weighted by atomic mass is 10.4. The molecule has 13 heavy (non-hydrogen) atoms. The first kappa shape index (κ1) is 9.77. The number of hydrogen-bond donors (Lipinski definition) is 0. The first-order valence-corrected chi connectivity index (χ1v) is 4.26. The summed E-state index contributed by atoms with van der Waals surface area (Å²) in [6, 6.07) is 0.